The van der Waals surface area contributed by atoms with E-state index in [4.69, 9.17) is 14.7 Å². The lowest BCUT2D eigenvalue weighted by atomic mass is 10.0. The molecule has 0 aromatic heterocycles. The summed E-state index contributed by atoms with van der Waals surface area (Å²) in [6.07, 6.45) is 2.93. The number of ether oxygens (including phenoxy) is 2. The quantitative estimate of drug-likeness (QED) is 0.797. The van der Waals surface area contributed by atoms with Gasteiger partial charge in [0, 0.05) is 39.3 Å². The Labute approximate surface area is 176 Å². The number of nitriles is 2. The van der Waals surface area contributed by atoms with Gasteiger partial charge in [0.25, 0.3) is 0 Å². The number of likely N-dealkylation sites (tertiary alicyclic amines) is 2. The molecule has 1 aromatic carbocycles. The van der Waals surface area contributed by atoms with Crippen molar-refractivity contribution in [2.75, 3.05) is 45.9 Å². The second-order valence-electron chi connectivity index (χ2n) is 8.27. The number of carbonyl (C=O) groups excluding carboxylic acids is 1. The monoisotopic (exact) mass is 409 g/mol. The number of hydrogen-bond acceptors (Lipinski definition) is 6. The Hall–Kier alpha value is -2.81. The molecule has 8 heteroatoms. The lowest BCUT2D eigenvalue weighted by molar-refractivity contribution is -0.000370. The van der Waals surface area contributed by atoms with Gasteiger partial charge in [0.1, 0.15) is 24.7 Å². The summed E-state index contributed by atoms with van der Waals surface area (Å²) >= 11 is 0. The molecule has 8 nitrogen and oxygen atoms in total. The maximum absolute atomic E-state index is 12.5. The molecule has 158 valence electrons. The minimum Gasteiger partial charge on any atom is -0.491 e. The van der Waals surface area contributed by atoms with Crippen LogP contribution in [0.25, 0.3) is 0 Å². The van der Waals surface area contributed by atoms with Crippen LogP contribution >= 0.6 is 0 Å². The summed E-state index contributed by atoms with van der Waals surface area (Å²) in [5, 5.41) is 21.2. The Balaban J connectivity index is 1.20. The number of urea groups is 1. The molecule has 3 aliphatic rings. The number of benzene rings is 1. The first-order valence-corrected chi connectivity index (χ1v) is 10.6. The third-order valence-corrected chi connectivity index (χ3v) is 6.21. The predicted molar refractivity (Wildman–Crippen MR) is 108 cm³/mol. The Morgan fingerprint density at radius 1 is 1.17 bits per heavy atom. The zero-order chi connectivity index (χ0) is 20.9. The van der Waals surface area contributed by atoms with Crippen molar-refractivity contribution in [2.45, 2.75) is 25.5 Å². The fourth-order valence-corrected chi connectivity index (χ4v) is 4.62. The summed E-state index contributed by atoms with van der Waals surface area (Å²) < 4.78 is 11.4. The van der Waals surface area contributed by atoms with Crippen molar-refractivity contribution in [3.8, 4) is 17.9 Å². The maximum atomic E-state index is 12.5. The van der Waals surface area contributed by atoms with Crippen LogP contribution < -0.4 is 10.1 Å². The third-order valence-electron chi connectivity index (χ3n) is 6.21. The number of rotatable bonds is 5. The van der Waals surface area contributed by atoms with Gasteiger partial charge in [-0.3, -0.25) is 4.90 Å². The fourth-order valence-electron chi connectivity index (χ4n) is 4.62. The number of nitrogens with zero attached hydrogens (tertiary/aromatic N) is 4. The van der Waals surface area contributed by atoms with Crippen molar-refractivity contribution in [2.24, 2.45) is 11.8 Å². The van der Waals surface area contributed by atoms with E-state index in [-0.39, 0.29) is 12.3 Å². The zero-order valence-corrected chi connectivity index (χ0v) is 17.0. The van der Waals surface area contributed by atoms with Crippen LogP contribution in [0.5, 0.6) is 5.75 Å². The number of hydrogen-bond donors (Lipinski definition) is 1. The van der Waals surface area contributed by atoms with E-state index >= 15 is 0 Å². The van der Waals surface area contributed by atoms with E-state index in [0.29, 0.717) is 35.3 Å². The smallest absolute Gasteiger partial charge is 0.319 e. The molecule has 3 heterocycles. The van der Waals surface area contributed by atoms with Gasteiger partial charge in [0.15, 0.2) is 0 Å². The van der Waals surface area contributed by atoms with Crippen LogP contribution in [0.4, 0.5) is 4.79 Å². The Kier molecular flexibility index (Phi) is 6.37. The molecule has 3 saturated heterocycles. The van der Waals surface area contributed by atoms with Crippen molar-refractivity contribution in [3.63, 3.8) is 0 Å². The first-order chi connectivity index (χ1) is 14.7. The molecule has 2 amide bonds. The molecular formula is C22H27N5O3. The average Bonchev–Trinajstić information content (AvgIpc) is 3.33. The summed E-state index contributed by atoms with van der Waals surface area (Å²) in [5.41, 5.74) is 0.839. The van der Waals surface area contributed by atoms with Gasteiger partial charge in [-0.05, 0) is 49.3 Å². The normalized spacial score (nSPS) is 25.9. The van der Waals surface area contributed by atoms with Crippen LogP contribution in [0.2, 0.25) is 0 Å². The van der Waals surface area contributed by atoms with Crippen LogP contribution in [0.15, 0.2) is 18.2 Å². The number of nitrogens with one attached hydrogen (secondary N) is 1. The van der Waals surface area contributed by atoms with Crippen LogP contribution in [0.3, 0.4) is 0 Å². The van der Waals surface area contributed by atoms with E-state index in [1.54, 1.807) is 18.2 Å². The van der Waals surface area contributed by atoms with Gasteiger partial charge in [0.2, 0.25) is 0 Å². The van der Waals surface area contributed by atoms with Gasteiger partial charge in [-0.1, -0.05) is 0 Å². The number of amides is 2. The molecule has 3 aliphatic heterocycles. The SMILES string of the molecule is N#Cc1ccc(OCCN2CC3CN(C(=O)NC4CCCCO4)CC3C2)c(C#N)c1. The molecular weight excluding hydrogens is 382 g/mol. The molecule has 3 fully saturated rings. The number of fused-ring (bicyclic) bond motifs is 1. The third kappa shape index (κ3) is 4.67. The zero-order valence-electron chi connectivity index (χ0n) is 17.0. The van der Waals surface area contributed by atoms with Crippen molar-refractivity contribution in [1.29, 1.82) is 10.5 Å². The van der Waals surface area contributed by atoms with Gasteiger partial charge >= 0.3 is 6.03 Å². The van der Waals surface area contributed by atoms with Gasteiger partial charge in [-0.15, -0.1) is 0 Å². The van der Waals surface area contributed by atoms with Crippen LogP contribution in [-0.2, 0) is 4.74 Å². The minimum absolute atomic E-state index is 0.00367. The molecule has 3 unspecified atom stereocenters. The molecule has 0 bridgehead atoms. The Bertz CT molecular complexity index is 841. The highest BCUT2D eigenvalue weighted by molar-refractivity contribution is 5.74. The minimum atomic E-state index is -0.138. The van der Waals surface area contributed by atoms with Crippen molar-refractivity contribution in [1.82, 2.24) is 15.1 Å². The van der Waals surface area contributed by atoms with Crippen molar-refractivity contribution < 1.29 is 14.3 Å². The van der Waals surface area contributed by atoms with Gasteiger partial charge in [0.05, 0.1) is 17.2 Å². The highest BCUT2D eigenvalue weighted by Crippen LogP contribution is 2.31. The van der Waals surface area contributed by atoms with E-state index < -0.39 is 0 Å². The summed E-state index contributed by atoms with van der Waals surface area (Å²) in [6.45, 7) is 5.48. The van der Waals surface area contributed by atoms with Crippen LogP contribution in [0, 0.1) is 34.5 Å². The fraction of sp³-hybridized carbons (Fsp3) is 0.591. The molecule has 30 heavy (non-hydrogen) atoms. The van der Waals surface area contributed by atoms with E-state index in [1.165, 1.54) is 0 Å². The van der Waals surface area contributed by atoms with Gasteiger partial charge in [-0.2, -0.15) is 10.5 Å². The predicted octanol–water partition coefficient (Wildman–Crippen LogP) is 1.91. The van der Waals surface area contributed by atoms with Crippen LogP contribution in [-0.4, -0.2) is 68.0 Å². The summed E-state index contributed by atoms with van der Waals surface area (Å²) in [6, 6.07) is 9.01. The second-order valence-corrected chi connectivity index (χ2v) is 8.27. The van der Waals surface area contributed by atoms with Crippen LogP contribution in [0.1, 0.15) is 30.4 Å². The number of carbonyl (C=O) groups is 1. The molecule has 1 aromatic rings. The molecule has 0 radical (unpaired) electrons. The lowest BCUT2D eigenvalue weighted by Gasteiger charge is -2.27. The largest absolute Gasteiger partial charge is 0.491 e. The van der Waals surface area contributed by atoms with E-state index in [0.717, 1.165) is 58.6 Å². The first kappa shape index (κ1) is 20.5. The first-order valence-electron chi connectivity index (χ1n) is 10.6. The van der Waals surface area contributed by atoms with Crippen molar-refractivity contribution >= 4 is 6.03 Å². The van der Waals surface area contributed by atoms with E-state index in [9.17, 15) is 10.1 Å². The summed E-state index contributed by atoms with van der Waals surface area (Å²) in [5.74, 6) is 1.50. The average molecular weight is 409 g/mol. The van der Waals surface area contributed by atoms with Gasteiger partial charge < -0.3 is 19.7 Å². The Morgan fingerprint density at radius 2 is 1.97 bits per heavy atom. The molecule has 0 spiro atoms. The summed E-state index contributed by atoms with van der Waals surface area (Å²) in [7, 11) is 0. The molecule has 0 aliphatic carbocycles. The second kappa shape index (κ2) is 9.34. The van der Waals surface area contributed by atoms with Crippen molar-refractivity contribution in [3.05, 3.63) is 29.3 Å². The summed E-state index contributed by atoms with van der Waals surface area (Å²) in [4.78, 5) is 16.8. The Morgan fingerprint density at radius 3 is 2.63 bits per heavy atom. The molecule has 1 N–H and O–H groups in total. The van der Waals surface area contributed by atoms with Gasteiger partial charge in [-0.25, -0.2) is 4.79 Å². The highest BCUT2D eigenvalue weighted by Gasteiger charge is 2.41. The standard InChI is InChI=1S/C22H27N5O3/c23-10-16-4-5-20(17(9-16)11-24)29-8-6-26-12-18-14-27(15-19(18)13-26)22(28)25-21-3-1-2-7-30-21/h4-5,9,18-19,21H,1-3,6-8,12-15H2,(H,25,28). The lowest BCUT2D eigenvalue weighted by Crippen LogP contribution is -2.46. The topological polar surface area (TPSA) is 102 Å². The van der Waals surface area contributed by atoms with E-state index in [2.05, 4.69) is 16.3 Å². The maximum Gasteiger partial charge on any atom is 0.319 e. The molecule has 3 atom stereocenters. The highest BCUT2D eigenvalue weighted by atomic mass is 16.5. The van der Waals surface area contributed by atoms with E-state index in [1.807, 2.05) is 11.0 Å². The molecule has 0 saturated carbocycles. The molecule has 4 rings (SSSR count).